The predicted molar refractivity (Wildman–Crippen MR) is 78.8 cm³/mol. The lowest BCUT2D eigenvalue weighted by molar-refractivity contribution is 0.0642. The summed E-state index contributed by atoms with van der Waals surface area (Å²) >= 11 is 0. The van der Waals surface area contributed by atoms with Gasteiger partial charge in [0.05, 0.1) is 0 Å². The number of amides is 1. The maximum absolute atomic E-state index is 13.4. The monoisotopic (exact) mass is 298 g/mol. The van der Waals surface area contributed by atoms with E-state index in [0.29, 0.717) is 17.4 Å². The van der Waals surface area contributed by atoms with Crippen LogP contribution in [0.15, 0.2) is 18.2 Å². The molecule has 1 N–H and O–H groups in total. The van der Waals surface area contributed by atoms with Gasteiger partial charge in [-0.1, -0.05) is 0 Å². The molecule has 0 saturated carbocycles. The third-order valence-electron chi connectivity index (χ3n) is 4.28. The SMILES string of the molecule is Cc1cc(F)cc(C(=O)N2CCC3CNCC3C2)c1.Cl. The average molecular weight is 299 g/mol. The van der Waals surface area contributed by atoms with E-state index in [0.717, 1.165) is 38.2 Å². The van der Waals surface area contributed by atoms with Gasteiger partial charge in [-0.15, -0.1) is 12.4 Å². The maximum Gasteiger partial charge on any atom is 0.253 e. The summed E-state index contributed by atoms with van der Waals surface area (Å²) in [4.78, 5) is 14.3. The second-order valence-corrected chi connectivity index (χ2v) is 5.74. The lowest BCUT2D eigenvalue weighted by Gasteiger charge is -2.34. The Balaban J connectivity index is 0.00000147. The number of carbonyl (C=O) groups is 1. The van der Waals surface area contributed by atoms with Gasteiger partial charge < -0.3 is 10.2 Å². The lowest BCUT2D eigenvalue weighted by Crippen LogP contribution is -2.43. The molecule has 5 heteroatoms. The number of rotatable bonds is 1. The third-order valence-corrected chi connectivity index (χ3v) is 4.28. The highest BCUT2D eigenvalue weighted by Gasteiger charge is 2.34. The molecule has 1 aromatic carbocycles. The number of likely N-dealkylation sites (tertiary alicyclic amines) is 1. The van der Waals surface area contributed by atoms with Gasteiger partial charge in [0.2, 0.25) is 0 Å². The molecule has 2 saturated heterocycles. The van der Waals surface area contributed by atoms with Crippen LogP contribution in [-0.4, -0.2) is 37.0 Å². The van der Waals surface area contributed by atoms with E-state index in [1.807, 2.05) is 11.8 Å². The van der Waals surface area contributed by atoms with Crippen LogP contribution < -0.4 is 5.32 Å². The molecule has 3 nitrogen and oxygen atoms in total. The van der Waals surface area contributed by atoms with Crippen LogP contribution in [0.4, 0.5) is 4.39 Å². The molecule has 1 amide bonds. The van der Waals surface area contributed by atoms with Crippen molar-refractivity contribution in [2.75, 3.05) is 26.2 Å². The molecule has 0 aromatic heterocycles. The number of aryl methyl sites for hydroxylation is 1. The third kappa shape index (κ3) is 2.96. The van der Waals surface area contributed by atoms with E-state index in [-0.39, 0.29) is 24.1 Å². The number of nitrogens with one attached hydrogen (secondary N) is 1. The van der Waals surface area contributed by atoms with Crippen molar-refractivity contribution in [3.8, 4) is 0 Å². The Bertz CT molecular complexity index is 488. The van der Waals surface area contributed by atoms with E-state index in [4.69, 9.17) is 0 Å². The number of carbonyl (C=O) groups excluding carboxylic acids is 1. The first-order valence-electron chi connectivity index (χ1n) is 6.90. The van der Waals surface area contributed by atoms with Crippen molar-refractivity contribution in [2.45, 2.75) is 13.3 Å². The zero-order valence-electron chi connectivity index (χ0n) is 11.6. The van der Waals surface area contributed by atoms with Crippen molar-refractivity contribution in [1.82, 2.24) is 10.2 Å². The van der Waals surface area contributed by atoms with Gasteiger partial charge in [0, 0.05) is 18.7 Å². The van der Waals surface area contributed by atoms with Crippen LogP contribution in [0.1, 0.15) is 22.3 Å². The van der Waals surface area contributed by atoms with Gasteiger partial charge in [-0.05, 0) is 62.0 Å². The summed E-state index contributed by atoms with van der Waals surface area (Å²) in [6.45, 7) is 5.47. The van der Waals surface area contributed by atoms with Gasteiger partial charge in [-0.3, -0.25) is 4.79 Å². The van der Waals surface area contributed by atoms with Crippen LogP contribution in [-0.2, 0) is 0 Å². The molecule has 2 unspecified atom stereocenters. The van der Waals surface area contributed by atoms with Crippen LogP contribution in [0, 0.1) is 24.6 Å². The first-order chi connectivity index (χ1) is 9.13. The summed E-state index contributed by atoms with van der Waals surface area (Å²) in [7, 11) is 0. The molecule has 2 aliphatic heterocycles. The van der Waals surface area contributed by atoms with Gasteiger partial charge in [0.25, 0.3) is 5.91 Å². The van der Waals surface area contributed by atoms with Crippen LogP contribution in [0.5, 0.6) is 0 Å². The Morgan fingerprint density at radius 2 is 2.05 bits per heavy atom. The molecule has 3 rings (SSSR count). The van der Waals surface area contributed by atoms with E-state index in [1.165, 1.54) is 12.1 Å². The molecule has 110 valence electrons. The Morgan fingerprint density at radius 3 is 2.80 bits per heavy atom. The molecular weight excluding hydrogens is 279 g/mol. The lowest BCUT2D eigenvalue weighted by atomic mass is 9.88. The van der Waals surface area contributed by atoms with Gasteiger partial charge in [-0.25, -0.2) is 4.39 Å². The van der Waals surface area contributed by atoms with Crippen molar-refractivity contribution in [3.05, 3.63) is 35.1 Å². The highest BCUT2D eigenvalue weighted by atomic mass is 35.5. The number of halogens is 2. The first kappa shape index (κ1) is 15.3. The van der Waals surface area contributed by atoms with Crippen molar-refractivity contribution in [3.63, 3.8) is 0 Å². The van der Waals surface area contributed by atoms with Crippen LogP contribution in [0.2, 0.25) is 0 Å². The molecular formula is C15H20ClFN2O. The topological polar surface area (TPSA) is 32.3 Å². The molecule has 0 bridgehead atoms. The highest BCUT2D eigenvalue weighted by Crippen LogP contribution is 2.27. The normalized spacial score (nSPS) is 25.0. The number of benzene rings is 1. The Hall–Kier alpha value is -1.13. The largest absolute Gasteiger partial charge is 0.338 e. The smallest absolute Gasteiger partial charge is 0.253 e. The van der Waals surface area contributed by atoms with Crippen molar-refractivity contribution in [2.24, 2.45) is 11.8 Å². The van der Waals surface area contributed by atoms with Crippen LogP contribution in [0.3, 0.4) is 0 Å². The Labute approximate surface area is 124 Å². The van der Waals surface area contributed by atoms with E-state index >= 15 is 0 Å². The zero-order chi connectivity index (χ0) is 13.4. The highest BCUT2D eigenvalue weighted by molar-refractivity contribution is 5.94. The predicted octanol–water partition coefficient (Wildman–Crippen LogP) is 2.24. The van der Waals surface area contributed by atoms with E-state index < -0.39 is 0 Å². The molecule has 1 aromatic rings. The van der Waals surface area contributed by atoms with Crippen molar-refractivity contribution < 1.29 is 9.18 Å². The Morgan fingerprint density at radius 1 is 1.30 bits per heavy atom. The molecule has 0 aliphatic carbocycles. The summed E-state index contributed by atoms with van der Waals surface area (Å²) in [6.07, 6.45) is 1.05. The molecule has 2 fully saturated rings. The minimum Gasteiger partial charge on any atom is -0.338 e. The zero-order valence-corrected chi connectivity index (χ0v) is 12.4. The molecule has 2 heterocycles. The van der Waals surface area contributed by atoms with Crippen LogP contribution >= 0.6 is 12.4 Å². The fourth-order valence-corrected chi connectivity index (χ4v) is 3.26. The second-order valence-electron chi connectivity index (χ2n) is 5.74. The summed E-state index contributed by atoms with van der Waals surface area (Å²) in [5, 5.41) is 3.38. The number of fused-ring (bicyclic) bond motifs is 1. The second kappa shape index (κ2) is 6.10. The van der Waals surface area contributed by atoms with E-state index in [1.54, 1.807) is 6.07 Å². The van der Waals surface area contributed by atoms with E-state index in [2.05, 4.69) is 5.32 Å². The minimum atomic E-state index is -0.333. The molecule has 0 spiro atoms. The average Bonchev–Trinajstić information content (AvgIpc) is 2.83. The molecule has 2 aliphatic rings. The minimum absolute atomic E-state index is 0. The summed E-state index contributed by atoms with van der Waals surface area (Å²) in [6, 6.07) is 4.56. The number of hydrogen-bond acceptors (Lipinski definition) is 2. The number of nitrogens with zero attached hydrogens (tertiary/aromatic N) is 1. The Kier molecular flexibility index (Phi) is 4.66. The van der Waals surface area contributed by atoms with Gasteiger partial charge in [-0.2, -0.15) is 0 Å². The summed E-state index contributed by atoms with van der Waals surface area (Å²) in [5.41, 5.74) is 1.27. The fraction of sp³-hybridized carbons (Fsp3) is 0.533. The van der Waals surface area contributed by atoms with Crippen LogP contribution in [0.25, 0.3) is 0 Å². The van der Waals surface area contributed by atoms with Gasteiger partial charge in [0.15, 0.2) is 0 Å². The maximum atomic E-state index is 13.4. The quantitative estimate of drug-likeness (QED) is 0.862. The molecule has 0 radical (unpaired) electrons. The van der Waals surface area contributed by atoms with Gasteiger partial charge >= 0.3 is 0 Å². The summed E-state index contributed by atoms with van der Waals surface area (Å²) in [5.74, 6) is 0.902. The number of piperidine rings is 1. The number of hydrogen-bond donors (Lipinski definition) is 1. The van der Waals surface area contributed by atoms with Gasteiger partial charge in [0.1, 0.15) is 5.82 Å². The fourth-order valence-electron chi connectivity index (χ4n) is 3.26. The van der Waals surface area contributed by atoms with E-state index in [9.17, 15) is 9.18 Å². The van der Waals surface area contributed by atoms with Crippen molar-refractivity contribution in [1.29, 1.82) is 0 Å². The summed E-state index contributed by atoms with van der Waals surface area (Å²) < 4.78 is 13.4. The molecule has 20 heavy (non-hydrogen) atoms. The van der Waals surface area contributed by atoms with Crippen molar-refractivity contribution >= 4 is 18.3 Å². The molecule has 2 atom stereocenters. The first-order valence-corrected chi connectivity index (χ1v) is 6.90. The standard InChI is InChI=1S/C15H19FN2O.ClH/c1-10-4-12(6-14(16)5-10)15(19)18-3-2-11-7-17-8-13(11)9-18;/h4-6,11,13,17H,2-3,7-9H2,1H3;1H.